The Bertz CT molecular complexity index is 886. The molecule has 2 heterocycles. The van der Waals surface area contributed by atoms with Crippen LogP contribution in [0.1, 0.15) is 73.1 Å². The number of fused-ring (bicyclic) bond motifs is 2. The third-order valence-corrected chi connectivity index (χ3v) is 8.84. The molecule has 0 spiro atoms. The number of hydrogen-bond donors (Lipinski definition) is 2. The Morgan fingerprint density at radius 2 is 2.06 bits per heavy atom. The summed E-state index contributed by atoms with van der Waals surface area (Å²) in [6.45, 7) is 14.2. The Morgan fingerprint density at radius 3 is 2.84 bits per heavy atom. The van der Waals surface area contributed by atoms with Gasteiger partial charge in [0.1, 0.15) is 12.9 Å². The van der Waals surface area contributed by atoms with Gasteiger partial charge in [0.15, 0.2) is 12.5 Å². The highest BCUT2D eigenvalue weighted by Gasteiger charge is 2.47. The molecule has 1 aliphatic heterocycles. The highest BCUT2D eigenvalue weighted by Crippen LogP contribution is 2.58. The number of aromatic nitrogens is 2. The molecule has 31 heavy (non-hydrogen) atoms. The van der Waals surface area contributed by atoms with Crippen molar-refractivity contribution in [2.75, 3.05) is 30.9 Å². The number of nitrogens with one attached hydrogen (secondary N) is 1. The number of nitrogens with zero attached hydrogens (tertiary/aromatic N) is 3. The first kappa shape index (κ1) is 22.3. The predicted molar refractivity (Wildman–Crippen MR) is 129 cm³/mol. The molecule has 0 amide bonds. The molecule has 1 aromatic rings. The van der Waals surface area contributed by atoms with Gasteiger partial charge in [0.25, 0.3) is 0 Å². The molecule has 3 aliphatic rings. The zero-order valence-corrected chi connectivity index (χ0v) is 20.5. The summed E-state index contributed by atoms with van der Waals surface area (Å²) in [5, 5.41) is 0. The van der Waals surface area contributed by atoms with Crippen LogP contribution < -0.4 is 15.5 Å². The third-order valence-electron chi connectivity index (χ3n) is 8.84. The lowest BCUT2D eigenvalue weighted by molar-refractivity contribution is -0.818. The van der Waals surface area contributed by atoms with Gasteiger partial charge in [0.05, 0.1) is 0 Å². The van der Waals surface area contributed by atoms with Crippen LogP contribution in [0.3, 0.4) is 0 Å². The Morgan fingerprint density at radius 1 is 1.29 bits per heavy atom. The number of quaternary nitrogens is 1. The number of allylic oxidation sites excluding steroid dienone is 3. The summed E-state index contributed by atoms with van der Waals surface area (Å²) in [5.41, 5.74) is 11.3. The van der Waals surface area contributed by atoms with Gasteiger partial charge >= 0.3 is 0 Å². The largest absolute Gasteiger partial charge is 0.379 e. The maximum absolute atomic E-state index is 6.18. The molecule has 4 atom stereocenters. The lowest BCUT2D eigenvalue weighted by Crippen LogP contribution is -3.06. The van der Waals surface area contributed by atoms with Crippen LogP contribution in [-0.4, -0.2) is 30.2 Å². The quantitative estimate of drug-likeness (QED) is 0.683. The van der Waals surface area contributed by atoms with Crippen LogP contribution in [0.2, 0.25) is 0 Å². The van der Waals surface area contributed by atoms with Gasteiger partial charge in [-0.2, -0.15) is 0 Å². The molecule has 4 rings (SSSR count). The zero-order chi connectivity index (χ0) is 22.4. The van der Waals surface area contributed by atoms with Crippen LogP contribution in [-0.2, 0) is 0 Å². The Labute approximate surface area is 188 Å². The molecule has 1 fully saturated rings. The number of anilines is 2. The first-order chi connectivity index (χ1) is 14.6. The van der Waals surface area contributed by atoms with Crippen LogP contribution in [0.15, 0.2) is 29.6 Å². The highest BCUT2D eigenvalue weighted by atomic mass is 15.4. The van der Waals surface area contributed by atoms with Crippen LogP contribution in [0.25, 0.3) is 0 Å². The van der Waals surface area contributed by atoms with E-state index in [2.05, 4.69) is 68.7 Å². The van der Waals surface area contributed by atoms with Crippen LogP contribution >= 0.6 is 0 Å². The molecule has 5 heteroatoms. The van der Waals surface area contributed by atoms with Crippen LogP contribution in [0, 0.1) is 22.7 Å². The lowest BCUT2D eigenvalue weighted by atomic mass is 9.52. The van der Waals surface area contributed by atoms with Gasteiger partial charge in [-0.05, 0) is 74.2 Å². The third kappa shape index (κ3) is 4.02. The Hall–Kier alpha value is -1.88. The van der Waals surface area contributed by atoms with E-state index in [9.17, 15) is 0 Å². The monoisotopic (exact) mass is 424 g/mol. The van der Waals surface area contributed by atoms with Crippen LogP contribution in [0.5, 0.6) is 0 Å². The van der Waals surface area contributed by atoms with Crippen molar-refractivity contribution in [3.8, 4) is 0 Å². The molecule has 0 aromatic carbocycles. The van der Waals surface area contributed by atoms with Crippen molar-refractivity contribution < 1.29 is 4.90 Å². The second kappa shape index (κ2) is 8.23. The fourth-order valence-corrected chi connectivity index (χ4v) is 6.41. The maximum atomic E-state index is 6.18. The van der Waals surface area contributed by atoms with Gasteiger partial charge in [-0.3, -0.25) is 4.90 Å². The Balaban J connectivity index is 1.44. The van der Waals surface area contributed by atoms with E-state index in [1.165, 1.54) is 49.0 Å². The number of nitrogens with two attached hydrogens (primary N) is 1. The number of nitrogen functional groups attached to an aromatic ring is 1. The van der Waals surface area contributed by atoms with Crippen molar-refractivity contribution >= 4 is 17.3 Å². The molecule has 1 aromatic heterocycles. The minimum absolute atomic E-state index is 0.335. The molecule has 1 unspecified atom stereocenters. The van der Waals surface area contributed by atoms with E-state index in [1.54, 1.807) is 11.9 Å². The fourth-order valence-electron chi connectivity index (χ4n) is 6.41. The Kier molecular flexibility index (Phi) is 5.93. The second-order valence-electron chi connectivity index (χ2n) is 11.3. The molecule has 170 valence electrons. The van der Waals surface area contributed by atoms with Crippen molar-refractivity contribution in [3.05, 3.63) is 29.6 Å². The zero-order valence-electron chi connectivity index (χ0n) is 20.5. The lowest BCUT2D eigenvalue weighted by Gasteiger charge is -2.53. The van der Waals surface area contributed by atoms with Crippen molar-refractivity contribution in [2.24, 2.45) is 22.7 Å². The molecule has 2 aliphatic carbocycles. The fraction of sp³-hybridized carbons (Fsp3) is 0.692. The van der Waals surface area contributed by atoms with Gasteiger partial charge in [0, 0.05) is 7.05 Å². The minimum Gasteiger partial charge on any atom is -0.379 e. The minimum atomic E-state index is 0.335. The van der Waals surface area contributed by atoms with Gasteiger partial charge in [-0.15, -0.1) is 0 Å². The van der Waals surface area contributed by atoms with Gasteiger partial charge in [-0.25, -0.2) is 9.97 Å². The van der Waals surface area contributed by atoms with Crippen molar-refractivity contribution in [1.29, 1.82) is 0 Å². The molecule has 0 radical (unpaired) electrons. The maximum Gasteiger partial charge on any atom is 0.218 e. The normalized spacial score (nSPS) is 32.5. The summed E-state index contributed by atoms with van der Waals surface area (Å²) in [6, 6.07) is 0. The topological polar surface area (TPSA) is 59.5 Å². The summed E-state index contributed by atoms with van der Waals surface area (Å²) in [6.07, 6.45) is 14.4. The summed E-state index contributed by atoms with van der Waals surface area (Å²) < 4.78 is 0. The smallest absolute Gasteiger partial charge is 0.218 e. The highest BCUT2D eigenvalue weighted by molar-refractivity contribution is 5.69. The molecule has 0 bridgehead atoms. The summed E-state index contributed by atoms with van der Waals surface area (Å²) >= 11 is 0. The first-order valence-electron chi connectivity index (χ1n) is 12.2. The van der Waals surface area contributed by atoms with Crippen molar-refractivity contribution in [2.45, 2.75) is 73.1 Å². The van der Waals surface area contributed by atoms with Crippen LogP contribution in [0.4, 0.5) is 17.3 Å². The standard InChI is InChI=1S/C26H41N5/c1-18(12-15-31-17-30(6)24-22(31)23(27)28-16-29-24)11-14-26(5)19(2)9-10-20-21(26)8-7-13-25(20,3)4/h8,12,16,19-20H,7,9-11,13-15,17H2,1-6H3,(H2,27,28,29)/p+1/b18-12+/t19-,20-,26+/m0/s1. The van der Waals surface area contributed by atoms with Gasteiger partial charge in [0.2, 0.25) is 11.5 Å². The average Bonchev–Trinajstić information content (AvgIpc) is 3.05. The molecule has 0 saturated heterocycles. The number of rotatable bonds is 5. The first-order valence-corrected chi connectivity index (χ1v) is 12.2. The van der Waals surface area contributed by atoms with Crippen molar-refractivity contribution in [3.63, 3.8) is 0 Å². The molecule has 5 nitrogen and oxygen atoms in total. The van der Waals surface area contributed by atoms with E-state index >= 15 is 0 Å². The predicted octanol–water partition coefficient (Wildman–Crippen LogP) is 4.51. The SMILES string of the molecule is C/C(=C\C[NH+]1CN(C)c2ncnc(N)c21)CC[C@@]1(C)C2=CCCC(C)(C)[C@H]2CC[C@@H]1C. The molecular formula is C26H42N5+. The summed E-state index contributed by atoms with van der Waals surface area (Å²) in [4.78, 5) is 12.2. The number of hydrogen-bond acceptors (Lipinski definition) is 4. The van der Waals surface area contributed by atoms with E-state index in [0.717, 1.165) is 36.6 Å². The van der Waals surface area contributed by atoms with E-state index in [-0.39, 0.29) is 0 Å². The van der Waals surface area contributed by atoms with Gasteiger partial charge < -0.3 is 10.6 Å². The molecule has 3 N–H and O–H groups in total. The molecule has 1 saturated carbocycles. The van der Waals surface area contributed by atoms with E-state index in [4.69, 9.17) is 5.73 Å². The average molecular weight is 425 g/mol. The molecular weight excluding hydrogens is 382 g/mol. The van der Waals surface area contributed by atoms with Gasteiger partial charge in [-0.1, -0.05) is 44.9 Å². The van der Waals surface area contributed by atoms with E-state index in [1.807, 2.05) is 0 Å². The van der Waals surface area contributed by atoms with E-state index in [0.29, 0.717) is 16.6 Å². The van der Waals surface area contributed by atoms with Crippen molar-refractivity contribution in [1.82, 2.24) is 9.97 Å². The second-order valence-corrected chi connectivity index (χ2v) is 11.3. The summed E-state index contributed by atoms with van der Waals surface area (Å²) in [7, 11) is 2.08. The summed E-state index contributed by atoms with van der Waals surface area (Å²) in [5.74, 6) is 3.11. The van der Waals surface area contributed by atoms with E-state index < -0.39 is 0 Å².